The molecule has 2 aromatic rings. The third kappa shape index (κ3) is 2.59. The number of esters is 1. The summed E-state index contributed by atoms with van der Waals surface area (Å²) in [5.74, 6) is -2.10. The summed E-state index contributed by atoms with van der Waals surface area (Å²) < 4.78 is 5.77. The van der Waals surface area contributed by atoms with Crippen molar-refractivity contribution in [1.29, 1.82) is 0 Å². The number of benzene rings is 1. The number of hydrogen-bond donors (Lipinski definition) is 1. The number of aromatic carboxylic acids is 1. The van der Waals surface area contributed by atoms with Gasteiger partial charge in [-0.25, -0.2) is 14.3 Å². The molecule has 0 aliphatic carbocycles. The SMILES string of the molecule is COC(=O)c1c(C(=O)O)nnn1Cc1ccccc1. The van der Waals surface area contributed by atoms with E-state index in [1.54, 1.807) is 0 Å². The number of carbonyl (C=O) groups excluding carboxylic acids is 1. The molecule has 0 saturated heterocycles. The Balaban J connectivity index is 2.41. The fraction of sp³-hybridized carbons (Fsp3) is 0.167. The van der Waals surface area contributed by atoms with Crippen molar-refractivity contribution in [1.82, 2.24) is 15.0 Å². The van der Waals surface area contributed by atoms with Gasteiger partial charge in [-0.2, -0.15) is 0 Å². The van der Waals surface area contributed by atoms with E-state index >= 15 is 0 Å². The number of rotatable bonds is 4. The first-order chi connectivity index (χ1) is 9.13. The summed E-state index contributed by atoms with van der Waals surface area (Å²) in [5.41, 5.74) is 0.288. The number of methoxy groups -OCH3 is 1. The number of hydrogen-bond acceptors (Lipinski definition) is 5. The molecular formula is C12H11N3O4. The van der Waals surface area contributed by atoms with E-state index in [2.05, 4.69) is 15.0 Å². The number of carbonyl (C=O) groups is 2. The van der Waals surface area contributed by atoms with Crippen molar-refractivity contribution >= 4 is 11.9 Å². The Labute approximate surface area is 108 Å². The van der Waals surface area contributed by atoms with Crippen LogP contribution < -0.4 is 0 Å². The van der Waals surface area contributed by atoms with Gasteiger partial charge in [0.2, 0.25) is 5.69 Å². The van der Waals surface area contributed by atoms with E-state index in [-0.39, 0.29) is 12.2 Å². The van der Waals surface area contributed by atoms with Gasteiger partial charge in [0.15, 0.2) is 5.69 Å². The topological polar surface area (TPSA) is 94.3 Å². The van der Waals surface area contributed by atoms with Crippen LogP contribution in [0.5, 0.6) is 0 Å². The van der Waals surface area contributed by atoms with Crippen molar-refractivity contribution < 1.29 is 19.4 Å². The lowest BCUT2D eigenvalue weighted by Crippen LogP contribution is -2.16. The van der Waals surface area contributed by atoms with Gasteiger partial charge >= 0.3 is 11.9 Å². The number of carboxylic acid groups (broad SMARTS) is 1. The van der Waals surface area contributed by atoms with Crippen LogP contribution in [0.4, 0.5) is 0 Å². The highest BCUT2D eigenvalue weighted by atomic mass is 16.5. The molecule has 0 fully saturated rings. The highest BCUT2D eigenvalue weighted by Gasteiger charge is 2.25. The second kappa shape index (κ2) is 5.30. The summed E-state index contributed by atoms with van der Waals surface area (Å²) >= 11 is 0. The Morgan fingerprint density at radius 2 is 2.00 bits per heavy atom. The average Bonchev–Trinajstić information content (AvgIpc) is 2.83. The molecule has 7 heteroatoms. The zero-order valence-corrected chi connectivity index (χ0v) is 10.1. The largest absolute Gasteiger partial charge is 0.476 e. The number of aromatic nitrogens is 3. The average molecular weight is 261 g/mol. The van der Waals surface area contributed by atoms with Gasteiger partial charge in [-0.15, -0.1) is 5.10 Å². The normalized spacial score (nSPS) is 10.2. The number of carboxylic acids is 1. The van der Waals surface area contributed by atoms with Gasteiger partial charge in [0.05, 0.1) is 13.7 Å². The van der Waals surface area contributed by atoms with Crippen molar-refractivity contribution in [2.75, 3.05) is 7.11 Å². The molecule has 0 amide bonds. The zero-order valence-electron chi connectivity index (χ0n) is 10.1. The Bertz CT molecular complexity index is 607. The first kappa shape index (κ1) is 12.7. The predicted molar refractivity (Wildman–Crippen MR) is 63.9 cm³/mol. The molecule has 7 nitrogen and oxygen atoms in total. The molecule has 0 radical (unpaired) electrons. The second-order valence-corrected chi connectivity index (χ2v) is 3.73. The van der Waals surface area contributed by atoms with Crippen LogP contribution in [-0.4, -0.2) is 39.1 Å². The summed E-state index contributed by atoms with van der Waals surface area (Å²) in [4.78, 5) is 22.6. The third-order valence-corrected chi connectivity index (χ3v) is 2.49. The maximum atomic E-state index is 11.6. The molecule has 1 aromatic heterocycles. The van der Waals surface area contributed by atoms with Crippen molar-refractivity contribution in [2.45, 2.75) is 6.54 Å². The van der Waals surface area contributed by atoms with E-state index in [1.807, 2.05) is 30.3 Å². The van der Waals surface area contributed by atoms with Crippen LogP contribution >= 0.6 is 0 Å². The highest BCUT2D eigenvalue weighted by Crippen LogP contribution is 2.10. The van der Waals surface area contributed by atoms with Crippen molar-refractivity contribution in [2.24, 2.45) is 0 Å². The Morgan fingerprint density at radius 3 is 2.58 bits per heavy atom. The number of ether oxygens (including phenoxy) is 1. The molecule has 19 heavy (non-hydrogen) atoms. The zero-order chi connectivity index (χ0) is 13.8. The van der Waals surface area contributed by atoms with Gasteiger partial charge in [-0.05, 0) is 5.56 Å². The molecule has 0 bridgehead atoms. The van der Waals surface area contributed by atoms with Gasteiger partial charge < -0.3 is 9.84 Å². The van der Waals surface area contributed by atoms with Crippen LogP contribution in [-0.2, 0) is 11.3 Å². The molecule has 0 atom stereocenters. The minimum absolute atomic E-state index is 0.168. The molecule has 0 aliphatic rings. The van der Waals surface area contributed by atoms with Crippen LogP contribution in [0.15, 0.2) is 30.3 Å². The van der Waals surface area contributed by atoms with Gasteiger partial charge in [0, 0.05) is 0 Å². The Morgan fingerprint density at radius 1 is 1.32 bits per heavy atom. The van der Waals surface area contributed by atoms with Gasteiger partial charge in [-0.3, -0.25) is 0 Å². The molecule has 98 valence electrons. The quantitative estimate of drug-likeness (QED) is 0.818. The van der Waals surface area contributed by atoms with Crippen LogP contribution in [0.1, 0.15) is 26.5 Å². The van der Waals surface area contributed by atoms with Crippen LogP contribution in [0, 0.1) is 0 Å². The molecule has 0 unspecified atom stereocenters. The lowest BCUT2D eigenvalue weighted by Gasteiger charge is -2.05. The van der Waals surface area contributed by atoms with Crippen LogP contribution in [0.2, 0.25) is 0 Å². The molecule has 0 spiro atoms. The lowest BCUT2D eigenvalue weighted by atomic mass is 10.2. The predicted octanol–water partition coefficient (Wildman–Crippen LogP) is 0.811. The van der Waals surface area contributed by atoms with E-state index in [4.69, 9.17) is 5.11 Å². The maximum Gasteiger partial charge on any atom is 0.359 e. The Hall–Kier alpha value is -2.70. The van der Waals surface area contributed by atoms with E-state index in [9.17, 15) is 9.59 Å². The van der Waals surface area contributed by atoms with E-state index in [1.165, 1.54) is 11.8 Å². The third-order valence-electron chi connectivity index (χ3n) is 2.49. The molecule has 1 heterocycles. The summed E-state index contributed by atoms with van der Waals surface area (Å²) in [6, 6.07) is 9.20. The second-order valence-electron chi connectivity index (χ2n) is 3.73. The van der Waals surface area contributed by atoms with Crippen LogP contribution in [0.3, 0.4) is 0 Å². The molecule has 0 saturated carbocycles. The van der Waals surface area contributed by atoms with Crippen molar-refractivity contribution in [3.63, 3.8) is 0 Å². The van der Waals surface area contributed by atoms with E-state index in [0.29, 0.717) is 0 Å². The summed E-state index contributed by atoms with van der Waals surface area (Å²) in [6.45, 7) is 0.242. The Kier molecular flexibility index (Phi) is 3.56. The summed E-state index contributed by atoms with van der Waals surface area (Å²) in [6.07, 6.45) is 0. The van der Waals surface area contributed by atoms with Gasteiger partial charge in [0.1, 0.15) is 0 Å². The fourth-order valence-corrected chi connectivity index (χ4v) is 1.62. The van der Waals surface area contributed by atoms with Crippen molar-refractivity contribution in [3.8, 4) is 0 Å². The van der Waals surface area contributed by atoms with Crippen molar-refractivity contribution in [3.05, 3.63) is 47.3 Å². The van der Waals surface area contributed by atoms with Gasteiger partial charge in [0.25, 0.3) is 0 Å². The van der Waals surface area contributed by atoms with Gasteiger partial charge in [-0.1, -0.05) is 35.5 Å². The molecule has 1 N–H and O–H groups in total. The smallest absolute Gasteiger partial charge is 0.359 e. The fourth-order valence-electron chi connectivity index (χ4n) is 1.62. The lowest BCUT2D eigenvalue weighted by molar-refractivity contribution is 0.0569. The maximum absolute atomic E-state index is 11.6. The van der Waals surface area contributed by atoms with Crippen LogP contribution in [0.25, 0.3) is 0 Å². The summed E-state index contributed by atoms with van der Waals surface area (Å²) in [7, 11) is 1.17. The molecule has 2 rings (SSSR count). The molecule has 0 aliphatic heterocycles. The molecular weight excluding hydrogens is 250 g/mol. The van der Waals surface area contributed by atoms with E-state index < -0.39 is 17.6 Å². The monoisotopic (exact) mass is 261 g/mol. The highest BCUT2D eigenvalue weighted by molar-refractivity contribution is 5.99. The standard InChI is InChI=1S/C12H11N3O4/c1-19-12(18)10-9(11(16)17)13-14-15(10)7-8-5-3-2-4-6-8/h2-6H,7H2,1H3,(H,16,17). The minimum atomic E-state index is -1.32. The summed E-state index contributed by atoms with van der Waals surface area (Å²) in [5, 5.41) is 16.1. The first-order valence-corrected chi connectivity index (χ1v) is 5.42. The number of nitrogens with zero attached hydrogens (tertiary/aromatic N) is 3. The van der Waals surface area contributed by atoms with E-state index in [0.717, 1.165) is 5.56 Å². The minimum Gasteiger partial charge on any atom is -0.476 e. The first-order valence-electron chi connectivity index (χ1n) is 5.42. The molecule has 1 aromatic carbocycles.